The van der Waals surface area contributed by atoms with Gasteiger partial charge >= 0.3 is 5.97 Å². The predicted molar refractivity (Wildman–Crippen MR) is 54.6 cm³/mol. The third kappa shape index (κ3) is 1.21. The smallest absolute Gasteiger partial charge is 0.309 e. The summed E-state index contributed by atoms with van der Waals surface area (Å²) < 4.78 is 4.82. The molecule has 1 saturated carbocycles. The van der Waals surface area contributed by atoms with Crippen molar-refractivity contribution < 1.29 is 9.53 Å². The second-order valence-corrected chi connectivity index (χ2v) is 4.34. The Morgan fingerprint density at radius 2 is 2.14 bits per heavy atom. The Balaban J connectivity index is 2.28. The number of hydrogen-bond acceptors (Lipinski definition) is 2. The van der Waals surface area contributed by atoms with Crippen LogP contribution < -0.4 is 0 Å². The first-order valence-electron chi connectivity index (χ1n) is 5.08. The maximum atomic E-state index is 11.5. The largest absolute Gasteiger partial charge is 0.469 e. The zero-order chi connectivity index (χ0) is 10.3. The van der Waals surface area contributed by atoms with E-state index in [4.69, 9.17) is 4.74 Å². The number of fused-ring (bicyclic) bond motifs is 2. The second-order valence-electron chi connectivity index (χ2n) is 4.34. The molecule has 0 aliphatic heterocycles. The van der Waals surface area contributed by atoms with Crippen LogP contribution in [0.1, 0.15) is 20.3 Å². The summed E-state index contributed by atoms with van der Waals surface area (Å²) in [6, 6.07) is 0. The summed E-state index contributed by atoms with van der Waals surface area (Å²) >= 11 is 0. The molecule has 2 nitrogen and oxygen atoms in total. The van der Waals surface area contributed by atoms with E-state index in [9.17, 15) is 4.79 Å². The maximum absolute atomic E-state index is 11.5. The van der Waals surface area contributed by atoms with Crippen LogP contribution >= 0.6 is 0 Å². The zero-order valence-electron chi connectivity index (χ0n) is 8.91. The molecule has 0 amide bonds. The van der Waals surface area contributed by atoms with Gasteiger partial charge in [0.1, 0.15) is 0 Å². The lowest BCUT2D eigenvalue weighted by molar-refractivity contribution is -0.146. The number of allylic oxidation sites excluding steroid dienone is 4. The molecule has 2 bridgehead atoms. The first-order chi connectivity index (χ1) is 6.65. The Morgan fingerprint density at radius 3 is 2.64 bits per heavy atom. The third-order valence-electron chi connectivity index (χ3n) is 3.33. The van der Waals surface area contributed by atoms with Gasteiger partial charge in [-0.05, 0) is 26.2 Å². The highest BCUT2D eigenvalue weighted by Gasteiger charge is 2.44. The SMILES string of the molecule is COC(=O)[C@H]1C[C@H]2C=C[C@@H]1C2=C(C)C. The topological polar surface area (TPSA) is 26.3 Å². The third-order valence-corrected chi connectivity index (χ3v) is 3.33. The van der Waals surface area contributed by atoms with Crippen molar-refractivity contribution in [1.82, 2.24) is 0 Å². The molecular weight excluding hydrogens is 176 g/mol. The van der Waals surface area contributed by atoms with Crippen LogP contribution in [0.2, 0.25) is 0 Å². The zero-order valence-corrected chi connectivity index (χ0v) is 8.91. The van der Waals surface area contributed by atoms with Crippen LogP contribution in [-0.2, 0) is 9.53 Å². The summed E-state index contributed by atoms with van der Waals surface area (Å²) in [4.78, 5) is 11.5. The standard InChI is InChI=1S/C12H16O2/c1-7(2)11-8-4-5-9(11)10(6-8)12(13)14-3/h4-5,8-10H,6H2,1-3H3/t8-,9+,10+/m1/s1. The lowest BCUT2D eigenvalue weighted by Gasteiger charge is -2.14. The number of esters is 1. The fourth-order valence-corrected chi connectivity index (χ4v) is 2.78. The van der Waals surface area contributed by atoms with Gasteiger partial charge in [0.2, 0.25) is 0 Å². The Bertz CT molecular complexity index is 321. The lowest BCUT2D eigenvalue weighted by atomic mass is 9.92. The molecule has 2 aliphatic carbocycles. The Labute approximate surface area is 84.6 Å². The van der Waals surface area contributed by atoms with E-state index in [1.807, 2.05) is 0 Å². The minimum atomic E-state index is -0.0550. The number of methoxy groups -OCH3 is 1. The van der Waals surface area contributed by atoms with Crippen LogP contribution in [-0.4, -0.2) is 13.1 Å². The molecule has 0 unspecified atom stereocenters. The summed E-state index contributed by atoms with van der Waals surface area (Å²) in [5.41, 5.74) is 2.80. The van der Waals surface area contributed by atoms with Gasteiger partial charge in [0.05, 0.1) is 13.0 Å². The molecule has 0 radical (unpaired) electrons. The first-order valence-corrected chi connectivity index (χ1v) is 5.08. The van der Waals surface area contributed by atoms with E-state index in [2.05, 4.69) is 26.0 Å². The van der Waals surface area contributed by atoms with Crippen LogP contribution in [0, 0.1) is 17.8 Å². The molecule has 0 N–H and O–H groups in total. The van der Waals surface area contributed by atoms with Crippen molar-refractivity contribution in [3.63, 3.8) is 0 Å². The average molecular weight is 192 g/mol. The van der Waals surface area contributed by atoms with E-state index in [1.165, 1.54) is 18.3 Å². The Kier molecular flexibility index (Phi) is 2.22. The average Bonchev–Trinajstić information content (AvgIpc) is 2.72. The highest BCUT2D eigenvalue weighted by Crippen LogP contribution is 2.49. The second kappa shape index (κ2) is 3.26. The van der Waals surface area contributed by atoms with Gasteiger partial charge < -0.3 is 4.74 Å². The molecule has 3 atom stereocenters. The van der Waals surface area contributed by atoms with Crippen LogP contribution in [0.3, 0.4) is 0 Å². The molecule has 76 valence electrons. The number of ether oxygens (including phenoxy) is 1. The molecule has 2 aliphatic rings. The number of carbonyl (C=O) groups is 1. The van der Waals surface area contributed by atoms with E-state index < -0.39 is 0 Å². The summed E-state index contributed by atoms with van der Waals surface area (Å²) in [5.74, 6) is 0.826. The molecule has 2 rings (SSSR count). The van der Waals surface area contributed by atoms with Crippen molar-refractivity contribution in [2.75, 3.05) is 7.11 Å². The van der Waals surface area contributed by atoms with E-state index >= 15 is 0 Å². The van der Waals surface area contributed by atoms with Gasteiger partial charge in [-0.1, -0.05) is 23.3 Å². The predicted octanol–water partition coefficient (Wildman–Crippen LogP) is 2.32. The number of rotatable bonds is 1. The fourth-order valence-electron chi connectivity index (χ4n) is 2.78. The van der Waals surface area contributed by atoms with Crippen LogP contribution in [0.5, 0.6) is 0 Å². The van der Waals surface area contributed by atoms with Crippen LogP contribution in [0.15, 0.2) is 23.3 Å². The summed E-state index contributed by atoms with van der Waals surface area (Å²) in [6.45, 7) is 4.25. The lowest BCUT2D eigenvalue weighted by Crippen LogP contribution is -2.20. The molecule has 0 heterocycles. The Hall–Kier alpha value is -1.05. The monoisotopic (exact) mass is 192 g/mol. The molecule has 0 saturated heterocycles. The van der Waals surface area contributed by atoms with Gasteiger partial charge in [-0.2, -0.15) is 0 Å². The van der Waals surface area contributed by atoms with E-state index in [1.54, 1.807) is 0 Å². The van der Waals surface area contributed by atoms with Gasteiger partial charge in [-0.3, -0.25) is 4.79 Å². The van der Waals surface area contributed by atoms with Gasteiger partial charge in [-0.25, -0.2) is 0 Å². The van der Waals surface area contributed by atoms with Crippen molar-refractivity contribution in [3.05, 3.63) is 23.3 Å². The van der Waals surface area contributed by atoms with E-state index in [-0.39, 0.29) is 11.9 Å². The summed E-state index contributed by atoms with van der Waals surface area (Å²) in [6.07, 6.45) is 5.33. The van der Waals surface area contributed by atoms with E-state index in [0.717, 1.165) is 6.42 Å². The molecule has 2 heteroatoms. The van der Waals surface area contributed by atoms with Gasteiger partial charge in [0.25, 0.3) is 0 Å². The van der Waals surface area contributed by atoms with Crippen LogP contribution in [0.25, 0.3) is 0 Å². The Morgan fingerprint density at radius 1 is 1.43 bits per heavy atom. The van der Waals surface area contributed by atoms with Gasteiger partial charge in [-0.15, -0.1) is 0 Å². The van der Waals surface area contributed by atoms with Gasteiger partial charge in [0.15, 0.2) is 0 Å². The van der Waals surface area contributed by atoms with Crippen LogP contribution in [0.4, 0.5) is 0 Å². The quantitative estimate of drug-likeness (QED) is 0.471. The fraction of sp³-hybridized carbons (Fsp3) is 0.583. The van der Waals surface area contributed by atoms with Crippen molar-refractivity contribution in [2.45, 2.75) is 20.3 Å². The summed E-state index contributed by atoms with van der Waals surface area (Å²) in [7, 11) is 1.47. The minimum absolute atomic E-state index is 0.0550. The van der Waals surface area contributed by atoms with Crippen molar-refractivity contribution >= 4 is 5.97 Å². The summed E-state index contributed by atoms with van der Waals surface area (Å²) in [5, 5.41) is 0. The van der Waals surface area contributed by atoms with Gasteiger partial charge in [0, 0.05) is 5.92 Å². The molecule has 0 aromatic heterocycles. The number of hydrogen-bond donors (Lipinski definition) is 0. The maximum Gasteiger partial charge on any atom is 0.309 e. The molecule has 0 aromatic carbocycles. The van der Waals surface area contributed by atoms with E-state index in [0.29, 0.717) is 11.8 Å². The molecule has 0 aromatic rings. The molecular formula is C12H16O2. The van der Waals surface area contributed by atoms with Crippen molar-refractivity contribution in [3.8, 4) is 0 Å². The molecule has 1 fully saturated rings. The highest BCUT2D eigenvalue weighted by molar-refractivity contribution is 5.75. The normalized spacial score (nSPS) is 33.6. The molecule has 14 heavy (non-hydrogen) atoms. The van der Waals surface area contributed by atoms with Crippen molar-refractivity contribution in [1.29, 1.82) is 0 Å². The molecule has 0 spiro atoms. The minimum Gasteiger partial charge on any atom is -0.469 e. The first kappa shape index (κ1) is 9.50. The number of carbonyl (C=O) groups excluding carboxylic acids is 1. The highest BCUT2D eigenvalue weighted by atomic mass is 16.5. The van der Waals surface area contributed by atoms with Crippen molar-refractivity contribution in [2.24, 2.45) is 17.8 Å².